The molecule has 0 radical (unpaired) electrons. The van der Waals surface area contributed by atoms with Crippen LogP contribution in [0.15, 0.2) is 0 Å². The normalized spacial score (nSPS) is 50.0. The Morgan fingerprint density at radius 1 is 1.07 bits per heavy atom. The summed E-state index contributed by atoms with van der Waals surface area (Å²) in [6.45, 7) is 6.62. The molecule has 2 aliphatic carbocycles. The topological polar surface area (TPSA) is 80.3 Å². The molecule has 0 unspecified atom stereocenters. The third-order valence-electron chi connectivity index (χ3n) is 7.24. The molecule has 0 aromatic carbocycles. The SMILES string of the molecule is CO[C@H]1OC(=O)[C@]2(Br)[C@H]1[C@@]21C(=O)O[C@@H](O[C@@H]2C[C@H](C)CC[C@H]2C(C)C)[C@@H]1OC. The first-order valence-electron chi connectivity index (χ1n) is 10.1. The van der Waals surface area contributed by atoms with Crippen LogP contribution in [0.5, 0.6) is 0 Å². The number of alkyl halides is 1. The lowest BCUT2D eigenvalue weighted by Gasteiger charge is -2.38. The standard InChI is InChI=1S/C20H29BrO7/c1-9(2)11-7-6-10(3)8-12(11)26-16-14(24-4)19(17(22)28-16)13-15(25-5)27-18(23)20(13,19)21/h9-16H,6-8H2,1-5H3/t10-,11+,12-,13-,14+,15+,16-,19-,20-/m1/s1. The van der Waals surface area contributed by atoms with E-state index in [-0.39, 0.29) is 6.10 Å². The number of rotatable bonds is 5. The molecule has 4 aliphatic rings. The van der Waals surface area contributed by atoms with Gasteiger partial charge in [-0.15, -0.1) is 0 Å². The number of hydrogen-bond donors (Lipinski definition) is 0. The van der Waals surface area contributed by atoms with E-state index in [2.05, 4.69) is 36.7 Å². The van der Waals surface area contributed by atoms with Crippen LogP contribution in [0.3, 0.4) is 0 Å². The minimum atomic E-state index is -1.19. The molecule has 4 rings (SSSR count). The number of carbonyl (C=O) groups excluding carboxylic acids is 2. The molecule has 2 aliphatic heterocycles. The Labute approximate surface area is 173 Å². The van der Waals surface area contributed by atoms with Crippen molar-refractivity contribution in [3.63, 3.8) is 0 Å². The predicted octanol–water partition coefficient (Wildman–Crippen LogP) is 2.64. The fraction of sp³-hybridized carbons (Fsp3) is 0.900. The average molecular weight is 461 g/mol. The molecule has 2 heterocycles. The fourth-order valence-corrected chi connectivity index (χ4v) is 6.91. The molecule has 0 amide bonds. The van der Waals surface area contributed by atoms with Crippen molar-refractivity contribution in [3.05, 3.63) is 0 Å². The smallest absolute Gasteiger partial charge is 0.327 e. The zero-order valence-corrected chi connectivity index (χ0v) is 18.6. The van der Waals surface area contributed by atoms with Gasteiger partial charge in [0.25, 0.3) is 0 Å². The van der Waals surface area contributed by atoms with Crippen LogP contribution in [0.4, 0.5) is 0 Å². The van der Waals surface area contributed by atoms with Gasteiger partial charge >= 0.3 is 11.9 Å². The molecule has 2 saturated heterocycles. The number of esters is 2. The number of hydrogen-bond acceptors (Lipinski definition) is 7. The molecule has 0 aromatic rings. The second kappa shape index (κ2) is 6.93. The highest BCUT2D eigenvalue weighted by molar-refractivity contribution is 9.10. The first-order chi connectivity index (χ1) is 13.2. The quantitative estimate of drug-likeness (QED) is 0.460. The maximum absolute atomic E-state index is 13.0. The predicted molar refractivity (Wildman–Crippen MR) is 101 cm³/mol. The summed E-state index contributed by atoms with van der Waals surface area (Å²) in [7, 11) is 2.97. The van der Waals surface area contributed by atoms with Crippen molar-refractivity contribution in [3.8, 4) is 0 Å². The maximum Gasteiger partial charge on any atom is 0.327 e. The number of fused-ring (bicyclic) bond motifs is 3. The van der Waals surface area contributed by atoms with Crippen LogP contribution in [0, 0.1) is 29.1 Å². The molecule has 1 spiro atoms. The van der Waals surface area contributed by atoms with Crippen LogP contribution in [-0.2, 0) is 33.3 Å². The number of ether oxygens (including phenoxy) is 5. The van der Waals surface area contributed by atoms with Crippen molar-refractivity contribution in [2.75, 3.05) is 14.2 Å². The minimum Gasteiger partial charge on any atom is -0.434 e. The van der Waals surface area contributed by atoms with Gasteiger partial charge in [-0.1, -0.05) is 43.1 Å². The summed E-state index contributed by atoms with van der Waals surface area (Å²) in [6.07, 6.45) is 0.818. The first-order valence-corrected chi connectivity index (χ1v) is 10.8. The molecule has 9 atom stereocenters. The lowest BCUT2D eigenvalue weighted by molar-refractivity contribution is -0.210. The summed E-state index contributed by atoms with van der Waals surface area (Å²) in [5, 5.41) is 0. The lowest BCUT2D eigenvalue weighted by Crippen LogP contribution is -2.44. The summed E-state index contributed by atoms with van der Waals surface area (Å²) in [5.74, 6) is -0.0832. The third kappa shape index (κ3) is 2.50. The Morgan fingerprint density at radius 3 is 2.36 bits per heavy atom. The van der Waals surface area contributed by atoms with E-state index in [0.29, 0.717) is 17.8 Å². The van der Waals surface area contributed by atoms with Crippen molar-refractivity contribution in [2.24, 2.45) is 29.1 Å². The van der Waals surface area contributed by atoms with Gasteiger partial charge in [0.2, 0.25) is 12.6 Å². The van der Waals surface area contributed by atoms with Gasteiger partial charge in [-0.05, 0) is 30.6 Å². The van der Waals surface area contributed by atoms with E-state index in [1.807, 2.05) is 0 Å². The van der Waals surface area contributed by atoms with Gasteiger partial charge in [0.1, 0.15) is 11.5 Å². The molecule has 158 valence electrons. The summed E-state index contributed by atoms with van der Waals surface area (Å²) >= 11 is 3.48. The maximum atomic E-state index is 13.0. The van der Waals surface area contributed by atoms with Crippen LogP contribution < -0.4 is 0 Å². The molecule has 8 heteroatoms. The number of methoxy groups -OCH3 is 2. The zero-order valence-electron chi connectivity index (χ0n) is 17.0. The average Bonchev–Trinajstić information content (AvgIpc) is 2.94. The Bertz CT molecular complexity index is 669. The molecular formula is C20H29BrO7. The summed E-state index contributed by atoms with van der Waals surface area (Å²) < 4.78 is 27.1. The van der Waals surface area contributed by atoms with E-state index in [1.165, 1.54) is 20.6 Å². The second-order valence-corrected chi connectivity index (χ2v) is 10.2. The highest BCUT2D eigenvalue weighted by Gasteiger charge is 2.96. The van der Waals surface area contributed by atoms with Gasteiger partial charge in [-0.25, -0.2) is 0 Å². The Balaban J connectivity index is 1.60. The van der Waals surface area contributed by atoms with Gasteiger partial charge in [-0.2, -0.15) is 0 Å². The Kier molecular flexibility index (Phi) is 5.09. The van der Waals surface area contributed by atoms with E-state index in [9.17, 15) is 9.59 Å². The van der Waals surface area contributed by atoms with Crippen LogP contribution in [0.1, 0.15) is 40.0 Å². The van der Waals surface area contributed by atoms with E-state index in [1.54, 1.807) is 0 Å². The summed E-state index contributed by atoms with van der Waals surface area (Å²) in [6, 6.07) is 0. The van der Waals surface area contributed by atoms with E-state index in [4.69, 9.17) is 23.7 Å². The molecule has 28 heavy (non-hydrogen) atoms. The van der Waals surface area contributed by atoms with E-state index < -0.39 is 46.3 Å². The molecule has 0 aromatic heterocycles. The number of carbonyl (C=O) groups is 2. The number of cyclic esters (lactones) is 2. The molecular weight excluding hydrogens is 432 g/mol. The van der Waals surface area contributed by atoms with Crippen molar-refractivity contribution in [1.82, 2.24) is 0 Å². The molecule has 4 fully saturated rings. The van der Waals surface area contributed by atoms with Gasteiger partial charge in [0, 0.05) is 14.2 Å². The second-order valence-electron chi connectivity index (χ2n) is 9.00. The first kappa shape index (κ1) is 20.6. The van der Waals surface area contributed by atoms with Crippen molar-refractivity contribution in [2.45, 2.75) is 69.1 Å². The van der Waals surface area contributed by atoms with Crippen molar-refractivity contribution < 1.29 is 33.3 Å². The van der Waals surface area contributed by atoms with Crippen molar-refractivity contribution in [1.29, 1.82) is 0 Å². The molecule has 2 saturated carbocycles. The largest absolute Gasteiger partial charge is 0.434 e. The summed E-state index contributed by atoms with van der Waals surface area (Å²) in [5.41, 5.74) is -1.18. The molecule has 0 N–H and O–H groups in total. The van der Waals surface area contributed by atoms with Crippen LogP contribution in [0.2, 0.25) is 0 Å². The highest BCUT2D eigenvalue weighted by Crippen LogP contribution is 2.77. The van der Waals surface area contributed by atoms with E-state index in [0.717, 1.165) is 12.8 Å². The zero-order chi connectivity index (χ0) is 20.4. The molecule has 7 nitrogen and oxygen atoms in total. The lowest BCUT2D eigenvalue weighted by atomic mass is 9.75. The van der Waals surface area contributed by atoms with Crippen LogP contribution >= 0.6 is 15.9 Å². The van der Waals surface area contributed by atoms with E-state index >= 15 is 0 Å². The monoisotopic (exact) mass is 460 g/mol. The minimum absolute atomic E-state index is 0.00982. The van der Waals surface area contributed by atoms with Gasteiger partial charge in [0.15, 0.2) is 4.32 Å². The fourth-order valence-electron chi connectivity index (χ4n) is 5.72. The van der Waals surface area contributed by atoms with Gasteiger partial charge in [0.05, 0.1) is 12.0 Å². The Hall–Kier alpha value is -0.700. The van der Waals surface area contributed by atoms with Gasteiger partial charge < -0.3 is 23.7 Å². The van der Waals surface area contributed by atoms with Crippen molar-refractivity contribution >= 4 is 27.9 Å². The molecule has 0 bridgehead atoms. The highest BCUT2D eigenvalue weighted by atomic mass is 79.9. The third-order valence-corrected chi connectivity index (χ3v) is 8.72. The Morgan fingerprint density at radius 2 is 1.75 bits per heavy atom. The van der Waals surface area contributed by atoms with Crippen LogP contribution in [0.25, 0.3) is 0 Å². The number of halogens is 1. The van der Waals surface area contributed by atoms with Crippen LogP contribution in [-0.4, -0.2) is 55.3 Å². The summed E-state index contributed by atoms with van der Waals surface area (Å²) in [4.78, 5) is 25.5. The van der Waals surface area contributed by atoms with Gasteiger partial charge in [-0.3, -0.25) is 9.59 Å².